The van der Waals surface area contributed by atoms with E-state index in [1.165, 1.54) is 5.69 Å². The summed E-state index contributed by atoms with van der Waals surface area (Å²) in [6.07, 6.45) is 9.14. The van der Waals surface area contributed by atoms with Gasteiger partial charge in [0.2, 0.25) is 5.91 Å². The molecule has 19 heavy (non-hydrogen) atoms. The highest BCUT2D eigenvalue weighted by Gasteiger charge is 2.29. The molecule has 2 rings (SSSR count). The minimum atomic E-state index is 0.270. The normalized spacial score (nSPS) is 19.0. The number of likely N-dealkylation sites (tertiary alicyclic amines) is 1. The van der Waals surface area contributed by atoms with E-state index >= 15 is 0 Å². The molecular formula is C15H25N3O. The predicted octanol–water partition coefficient (Wildman–Crippen LogP) is 2.59. The van der Waals surface area contributed by atoms with Crippen molar-refractivity contribution in [2.45, 2.75) is 51.0 Å². The SMILES string of the molecule is NCCCCCCC(=O)N1CCCC1c1ccc[nH]1. The lowest BCUT2D eigenvalue weighted by Crippen LogP contribution is -2.30. The van der Waals surface area contributed by atoms with E-state index in [2.05, 4.69) is 16.0 Å². The zero-order valence-corrected chi connectivity index (χ0v) is 11.6. The first kappa shape index (κ1) is 14.1. The van der Waals surface area contributed by atoms with E-state index in [0.29, 0.717) is 12.3 Å². The number of aromatic nitrogens is 1. The van der Waals surface area contributed by atoms with Crippen LogP contribution in [0.25, 0.3) is 0 Å². The summed E-state index contributed by atoms with van der Waals surface area (Å²) >= 11 is 0. The van der Waals surface area contributed by atoms with Gasteiger partial charge < -0.3 is 15.6 Å². The Balaban J connectivity index is 1.78. The van der Waals surface area contributed by atoms with E-state index in [1.54, 1.807) is 0 Å². The van der Waals surface area contributed by atoms with Gasteiger partial charge in [0.1, 0.15) is 0 Å². The Labute approximate surface area is 115 Å². The van der Waals surface area contributed by atoms with Crippen molar-refractivity contribution in [2.24, 2.45) is 5.73 Å². The molecule has 4 heteroatoms. The molecule has 1 amide bonds. The number of carbonyl (C=O) groups is 1. The van der Waals surface area contributed by atoms with E-state index in [1.807, 2.05) is 12.3 Å². The highest BCUT2D eigenvalue weighted by molar-refractivity contribution is 5.76. The highest BCUT2D eigenvalue weighted by Crippen LogP contribution is 2.31. The molecule has 4 nitrogen and oxygen atoms in total. The summed E-state index contributed by atoms with van der Waals surface area (Å²) < 4.78 is 0. The summed E-state index contributed by atoms with van der Waals surface area (Å²) in [4.78, 5) is 17.6. The van der Waals surface area contributed by atoms with E-state index < -0.39 is 0 Å². The van der Waals surface area contributed by atoms with Crippen molar-refractivity contribution in [2.75, 3.05) is 13.1 Å². The maximum atomic E-state index is 12.3. The average Bonchev–Trinajstić information content (AvgIpc) is 3.08. The third-order valence-electron chi connectivity index (χ3n) is 3.90. The Morgan fingerprint density at radius 2 is 2.21 bits per heavy atom. The fraction of sp³-hybridized carbons (Fsp3) is 0.667. The van der Waals surface area contributed by atoms with Crippen LogP contribution >= 0.6 is 0 Å². The van der Waals surface area contributed by atoms with Gasteiger partial charge in [-0.2, -0.15) is 0 Å². The molecule has 0 saturated carbocycles. The second-order valence-electron chi connectivity index (χ2n) is 5.32. The van der Waals surface area contributed by atoms with E-state index in [-0.39, 0.29) is 6.04 Å². The largest absolute Gasteiger partial charge is 0.363 e. The predicted molar refractivity (Wildman–Crippen MR) is 76.6 cm³/mol. The van der Waals surface area contributed by atoms with E-state index in [4.69, 9.17) is 5.73 Å². The monoisotopic (exact) mass is 263 g/mol. The average molecular weight is 263 g/mol. The standard InChI is InChI=1S/C15H25N3O/c16-10-4-2-1-3-9-15(19)18-12-6-8-14(18)13-7-5-11-17-13/h5,7,11,14,17H,1-4,6,8-10,12,16H2. The number of H-pyrrole nitrogens is 1. The number of aromatic amines is 1. The lowest BCUT2D eigenvalue weighted by atomic mass is 10.1. The van der Waals surface area contributed by atoms with Gasteiger partial charge in [-0.3, -0.25) is 4.79 Å². The number of hydrogen-bond acceptors (Lipinski definition) is 2. The van der Waals surface area contributed by atoms with Crippen LogP contribution in [0.5, 0.6) is 0 Å². The fourth-order valence-electron chi connectivity index (χ4n) is 2.86. The first-order chi connectivity index (χ1) is 9.33. The number of nitrogens with zero attached hydrogens (tertiary/aromatic N) is 1. The van der Waals surface area contributed by atoms with E-state index in [9.17, 15) is 4.79 Å². The van der Waals surface area contributed by atoms with Crippen molar-refractivity contribution < 1.29 is 4.79 Å². The van der Waals surface area contributed by atoms with Gasteiger partial charge in [-0.25, -0.2) is 0 Å². The number of rotatable bonds is 7. The molecule has 2 heterocycles. The van der Waals surface area contributed by atoms with Gasteiger partial charge in [0.05, 0.1) is 6.04 Å². The van der Waals surface area contributed by atoms with Crippen molar-refractivity contribution >= 4 is 5.91 Å². The van der Waals surface area contributed by atoms with Crippen LogP contribution in [0.3, 0.4) is 0 Å². The molecule has 0 spiro atoms. The number of unbranched alkanes of at least 4 members (excludes halogenated alkanes) is 3. The maximum Gasteiger partial charge on any atom is 0.223 e. The molecule has 106 valence electrons. The molecule has 0 aliphatic carbocycles. The number of carbonyl (C=O) groups excluding carboxylic acids is 1. The van der Waals surface area contributed by atoms with Crippen LogP contribution < -0.4 is 5.73 Å². The van der Waals surface area contributed by atoms with Gasteiger partial charge in [-0.15, -0.1) is 0 Å². The molecule has 1 aliphatic heterocycles. The molecule has 3 N–H and O–H groups in total. The number of hydrogen-bond donors (Lipinski definition) is 2. The Hall–Kier alpha value is -1.29. The third-order valence-corrected chi connectivity index (χ3v) is 3.90. The van der Waals surface area contributed by atoms with Crippen molar-refractivity contribution in [1.29, 1.82) is 0 Å². The van der Waals surface area contributed by atoms with E-state index in [0.717, 1.165) is 51.6 Å². The summed E-state index contributed by atoms with van der Waals surface area (Å²) in [5.41, 5.74) is 6.64. The topological polar surface area (TPSA) is 62.1 Å². The number of nitrogens with two attached hydrogens (primary N) is 1. The Morgan fingerprint density at radius 3 is 2.95 bits per heavy atom. The minimum absolute atomic E-state index is 0.270. The molecule has 1 aromatic rings. The van der Waals surface area contributed by atoms with Crippen LogP contribution in [0.2, 0.25) is 0 Å². The lowest BCUT2D eigenvalue weighted by molar-refractivity contribution is -0.132. The van der Waals surface area contributed by atoms with Crippen molar-refractivity contribution in [3.05, 3.63) is 24.0 Å². The highest BCUT2D eigenvalue weighted by atomic mass is 16.2. The van der Waals surface area contributed by atoms with Crippen LogP contribution in [0.1, 0.15) is 56.7 Å². The van der Waals surface area contributed by atoms with Gasteiger partial charge >= 0.3 is 0 Å². The minimum Gasteiger partial charge on any atom is -0.363 e. The fourth-order valence-corrected chi connectivity index (χ4v) is 2.86. The van der Waals surface area contributed by atoms with Crippen LogP contribution in [-0.2, 0) is 4.79 Å². The van der Waals surface area contributed by atoms with Crippen LogP contribution in [0.15, 0.2) is 18.3 Å². The summed E-state index contributed by atoms with van der Waals surface area (Å²) in [7, 11) is 0. The molecule has 0 radical (unpaired) electrons. The summed E-state index contributed by atoms with van der Waals surface area (Å²) in [6, 6.07) is 4.35. The van der Waals surface area contributed by atoms with Gasteiger partial charge in [0, 0.05) is 24.9 Å². The quantitative estimate of drug-likeness (QED) is 0.743. The molecule has 0 bridgehead atoms. The second kappa shape index (κ2) is 7.34. The van der Waals surface area contributed by atoms with Crippen molar-refractivity contribution in [3.8, 4) is 0 Å². The second-order valence-corrected chi connectivity index (χ2v) is 5.32. The van der Waals surface area contributed by atoms with Crippen molar-refractivity contribution in [3.63, 3.8) is 0 Å². The molecule has 1 fully saturated rings. The van der Waals surface area contributed by atoms with Crippen LogP contribution in [-0.4, -0.2) is 28.9 Å². The summed E-state index contributed by atoms with van der Waals surface area (Å²) in [6.45, 7) is 1.67. The zero-order valence-electron chi connectivity index (χ0n) is 11.6. The van der Waals surface area contributed by atoms with Gasteiger partial charge in [0.25, 0.3) is 0 Å². The maximum absolute atomic E-state index is 12.3. The number of amides is 1. The first-order valence-electron chi connectivity index (χ1n) is 7.45. The van der Waals surface area contributed by atoms with Crippen LogP contribution in [0.4, 0.5) is 0 Å². The molecule has 1 aliphatic rings. The summed E-state index contributed by atoms with van der Waals surface area (Å²) in [5.74, 6) is 0.310. The Morgan fingerprint density at radius 1 is 1.37 bits per heavy atom. The zero-order chi connectivity index (χ0) is 13.5. The molecule has 1 unspecified atom stereocenters. The first-order valence-corrected chi connectivity index (χ1v) is 7.45. The molecule has 0 aromatic carbocycles. The molecule has 1 atom stereocenters. The van der Waals surface area contributed by atoms with Crippen LogP contribution in [0, 0.1) is 0 Å². The van der Waals surface area contributed by atoms with Gasteiger partial charge in [-0.05, 0) is 44.4 Å². The Kier molecular flexibility index (Phi) is 5.45. The Bertz CT molecular complexity index is 375. The third kappa shape index (κ3) is 3.83. The molecule has 1 aromatic heterocycles. The lowest BCUT2D eigenvalue weighted by Gasteiger charge is -2.24. The summed E-state index contributed by atoms with van der Waals surface area (Å²) in [5, 5.41) is 0. The number of nitrogens with one attached hydrogen (secondary N) is 1. The van der Waals surface area contributed by atoms with Gasteiger partial charge in [0.15, 0.2) is 0 Å². The smallest absolute Gasteiger partial charge is 0.223 e. The molecule has 1 saturated heterocycles. The van der Waals surface area contributed by atoms with Crippen molar-refractivity contribution in [1.82, 2.24) is 9.88 Å². The molecular weight excluding hydrogens is 238 g/mol. The van der Waals surface area contributed by atoms with Gasteiger partial charge in [-0.1, -0.05) is 12.8 Å².